The highest BCUT2D eigenvalue weighted by Gasteiger charge is 2.15. The first-order valence-electron chi connectivity index (χ1n) is 6.58. The Hall–Kier alpha value is -1.73. The van der Waals surface area contributed by atoms with E-state index in [2.05, 4.69) is 10.3 Å². The number of hydrogen-bond acceptors (Lipinski definition) is 5. The number of carbonyl (C=O) groups excluding carboxylic acids is 1. The molecule has 2 aromatic heterocycles. The highest BCUT2D eigenvalue weighted by atomic mass is 32.1. The number of rotatable bonds is 7. The van der Waals surface area contributed by atoms with Crippen LogP contribution in [0.1, 0.15) is 34.6 Å². The number of aromatic nitrogens is 1. The van der Waals surface area contributed by atoms with Gasteiger partial charge in [-0.2, -0.15) is 11.3 Å². The van der Waals surface area contributed by atoms with Crippen LogP contribution in [-0.2, 0) is 4.79 Å². The summed E-state index contributed by atoms with van der Waals surface area (Å²) in [6.07, 6.45) is 1.36. The van der Waals surface area contributed by atoms with Crippen LogP contribution in [0.25, 0.3) is 10.6 Å². The third-order valence-corrected chi connectivity index (χ3v) is 4.76. The molecule has 0 spiro atoms. The number of thiophene rings is 1. The molecule has 2 heterocycles. The number of aliphatic carboxylic acids is 1. The van der Waals surface area contributed by atoms with Crippen molar-refractivity contribution < 1.29 is 14.7 Å². The van der Waals surface area contributed by atoms with E-state index < -0.39 is 5.97 Å². The normalized spacial score (nSPS) is 10.5. The summed E-state index contributed by atoms with van der Waals surface area (Å²) in [7, 11) is 0. The fourth-order valence-electron chi connectivity index (χ4n) is 1.80. The predicted molar refractivity (Wildman–Crippen MR) is 84.0 cm³/mol. The Morgan fingerprint density at radius 3 is 2.86 bits per heavy atom. The summed E-state index contributed by atoms with van der Waals surface area (Å²) in [4.78, 5) is 27.5. The molecule has 7 heteroatoms. The van der Waals surface area contributed by atoms with Gasteiger partial charge in [0.05, 0.1) is 5.69 Å². The molecule has 0 bridgehead atoms. The molecule has 1 amide bonds. The highest BCUT2D eigenvalue weighted by Crippen LogP contribution is 2.29. The van der Waals surface area contributed by atoms with E-state index >= 15 is 0 Å². The molecule has 0 saturated heterocycles. The topological polar surface area (TPSA) is 79.3 Å². The van der Waals surface area contributed by atoms with Crippen LogP contribution in [0.3, 0.4) is 0 Å². The Labute approximate surface area is 130 Å². The first-order chi connectivity index (χ1) is 10.1. The molecule has 0 radical (unpaired) electrons. The lowest BCUT2D eigenvalue weighted by atomic mass is 10.2. The van der Waals surface area contributed by atoms with Crippen LogP contribution in [0, 0.1) is 6.92 Å². The van der Waals surface area contributed by atoms with Crippen molar-refractivity contribution in [2.45, 2.75) is 26.2 Å². The van der Waals surface area contributed by atoms with Gasteiger partial charge in [-0.25, -0.2) is 4.98 Å². The average molecular weight is 324 g/mol. The minimum Gasteiger partial charge on any atom is -0.481 e. The average Bonchev–Trinajstić information content (AvgIpc) is 3.06. The van der Waals surface area contributed by atoms with Crippen LogP contribution in [0.2, 0.25) is 0 Å². The van der Waals surface area contributed by atoms with Gasteiger partial charge in [-0.1, -0.05) is 0 Å². The Bertz CT molecular complexity index is 620. The third kappa shape index (κ3) is 4.37. The van der Waals surface area contributed by atoms with Crippen molar-refractivity contribution >= 4 is 34.6 Å². The lowest BCUT2D eigenvalue weighted by Gasteiger charge is -2.02. The maximum absolute atomic E-state index is 12.1. The standard InChI is InChI=1S/C14H16N2O3S2/c1-9-12(13(19)15-6-3-2-4-11(17)18)21-14(16-9)10-5-7-20-8-10/h5,7-8H,2-4,6H2,1H3,(H,15,19)(H,17,18). The maximum Gasteiger partial charge on any atom is 0.303 e. The van der Waals surface area contributed by atoms with E-state index in [1.54, 1.807) is 11.3 Å². The first-order valence-corrected chi connectivity index (χ1v) is 8.34. The lowest BCUT2D eigenvalue weighted by molar-refractivity contribution is -0.137. The summed E-state index contributed by atoms with van der Waals surface area (Å²) in [5, 5.41) is 16.2. The zero-order valence-electron chi connectivity index (χ0n) is 11.6. The fourth-order valence-corrected chi connectivity index (χ4v) is 3.49. The van der Waals surface area contributed by atoms with Crippen LogP contribution >= 0.6 is 22.7 Å². The van der Waals surface area contributed by atoms with E-state index in [1.165, 1.54) is 11.3 Å². The Morgan fingerprint density at radius 2 is 2.19 bits per heavy atom. The zero-order chi connectivity index (χ0) is 15.2. The van der Waals surface area contributed by atoms with Gasteiger partial charge in [-0.3, -0.25) is 9.59 Å². The van der Waals surface area contributed by atoms with Crippen LogP contribution in [0.4, 0.5) is 0 Å². The zero-order valence-corrected chi connectivity index (χ0v) is 13.2. The molecule has 2 N–H and O–H groups in total. The summed E-state index contributed by atoms with van der Waals surface area (Å²) in [5.41, 5.74) is 1.76. The molecule has 2 aromatic rings. The van der Waals surface area contributed by atoms with Crippen LogP contribution in [0.15, 0.2) is 16.8 Å². The number of thiazole rings is 1. The van der Waals surface area contributed by atoms with Gasteiger partial charge in [0.1, 0.15) is 9.88 Å². The van der Waals surface area contributed by atoms with E-state index in [0.717, 1.165) is 16.3 Å². The molecule has 112 valence electrons. The van der Waals surface area contributed by atoms with Gasteiger partial charge in [0, 0.05) is 23.9 Å². The smallest absolute Gasteiger partial charge is 0.303 e. The van der Waals surface area contributed by atoms with E-state index in [1.807, 2.05) is 23.8 Å². The molecule has 0 aromatic carbocycles. The summed E-state index contributed by atoms with van der Waals surface area (Å²) < 4.78 is 0. The van der Waals surface area contributed by atoms with Gasteiger partial charge >= 0.3 is 5.97 Å². The van der Waals surface area contributed by atoms with Crippen molar-refractivity contribution in [3.63, 3.8) is 0 Å². The highest BCUT2D eigenvalue weighted by molar-refractivity contribution is 7.17. The van der Waals surface area contributed by atoms with Crippen molar-refractivity contribution in [1.82, 2.24) is 10.3 Å². The molecule has 5 nitrogen and oxygen atoms in total. The maximum atomic E-state index is 12.1. The molecule has 21 heavy (non-hydrogen) atoms. The number of nitrogens with one attached hydrogen (secondary N) is 1. The number of aryl methyl sites for hydroxylation is 1. The van der Waals surface area contributed by atoms with Gasteiger partial charge < -0.3 is 10.4 Å². The molecule has 2 rings (SSSR count). The number of hydrogen-bond donors (Lipinski definition) is 2. The minimum absolute atomic E-state index is 0.137. The first kappa shape index (κ1) is 15.7. The second-order valence-corrected chi connectivity index (χ2v) is 6.33. The van der Waals surface area contributed by atoms with E-state index in [4.69, 9.17) is 5.11 Å². The van der Waals surface area contributed by atoms with Gasteiger partial charge in [-0.15, -0.1) is 11.3 Å². The van der Waals surface area contributed by atoms with Crippen molar-refractivity contribution in [1.29, 1.82) is 0 Å². The Morgan fingerprint density at radius 1 is 1.38 bits per heavy atom. The van der Waals surface area contributed by atoms with Crippen LogP contribution < -0.4 is 5.32 Å². The Balaban J connectivity index is 1.89. The monoisotopic (exact) mass is 324 g/mol. The SMILES string of the molecule is Cc1nc(-c2ccsc2)sc1C(=O)NCCCCC(=O)O. The second-order valence-electron chi connectivity index (χ2n) is 4.55. The summed E-state index contributed by atoms with van der Waals surface area (Å²) >= 11 is 2.98. The molecule has 0 aliphatic rings. The molecule has 0 aliphatic heterocycles. The lowest BCUT2D eigenvalue weighted by Crippen LogP contribution is -2.24. The van der Waals surface area contributed by atoms with Gasteiger partial charge in [-0.05, 0) is 31.2 Å². The number of carboxylic acid groups (broad SMARTS) is 1. The third-order valence-electron chi connectivity index (χ3n) is 2.87. The van der Waals surface area contributed by atoms with Gasteiger partial charge in [0.15, 0.2) is 0 Å². The molecule has 0 atom stereocenters. The van der Waals surface area contributed by atoms with Crippen LogP contribution in [0.5, 0.6) is 0 Å². The number of carbonyl (C=O) groups is 2. The quantitative estimate of drug-likeness (QED) is 0.767. The minimum atomic E-state index is -0.806. The van der Waals surface area contributed by atoms with E-state index in [-0.39, 0.29) is 12.3 Å². The summed E-state index contributed by atoms with van der Waals surface area (Å²) in [6, 6.07) is 1.98. The van der Waals surface area contributed by atoms with Gasteiger partial charge in [0.25, 0.3) is 5.91 Å². The Kier molecular flexibility index (Phi) is 5.46. The molecule has 0 fully saturated rings. The van der Waals surface area contributed by atoms with Crippen molar-refractivity contribution in [2.24, 2.45) is 0 Å². The fraction of sp³-hybridized carbons (Fsp3) is 0.357. The largest absolute Gasteiger partial charge is 0.481 e. The predicted octanol–water partition coefficient (Wildman–Crippen LogP) is 3.16. The molecule has 0 saturated carbocycles. The van der Waals surface area contributed by atoms with Crippen molar-refractivity contribution in [3.05, 3.63) is 27.4 Å². The van der Waals surface area contributed by atoms with Gasteiger partial charge in [0.2, 0.25) is 0 Å². The van der Waals surface area contributed by atoms with Crippen LogP contribution in [-0.4, -0.2) is 28.5 Å². The molecule has 0 unspecified atom stereocenters. The number of carboxylic acids is 1. The van der Waals surface area contributed by atoms with E-state index in [0.29, 0.717) is 24.3 Å². The molecular weight excluding hydrogens is 308 g/mol. The van der Waals surface area contributed by atoms with Crippen molar-refractivity contribution in [2.75, 3.05) is 6.54 Å². The van der Waals surface area contributed by atoms with Crippen molar-refractivity contribution in [3.8, 4) is 10.6 Å². The number of amides is 1. The molecule has 0 aliphatic carbocycles. The molecular formula is C14H16N2O3S2. The summed E-state index contributed by atoms with van der Waals surface area (Å²) in [5.74, 6) is -0.943. The summed E-state index contributed by atoms with van der Waals surface area (Å²) in [6.45, 7) is 2.31. The second kappa shape index (κ2) is 7.33. The number of unbranched alkanes of at least 4 members (excludes halogenated alkanes) is 1. The number of nitrogens with zero attached hydrogens (tertiary/aromatic N) is 1. The van der Waals surface area contributed by atoms with E-state index in [9.17, 15) is 9.59 Å².